The van der Waals surface area contributed by atoms with E-state index >= 15 is 0 Å². The van der Waals surface area contributed by atoms with Gasteiger partial charge in [-0.3, -0.25) is 4.79 Å². The number of hydrogen-bond acceptors (Lipinski definition) is 9. The number of methoxy groups -OCH3 is 1. The molecule has 2 aliphatic rings. The lowest BCUT2D eigenvalue weighted by atomic mass is 10.1. The first kappa shape index (κ1) is 22.9. The summed E-state index contributed by atoms with van der Waals surface area (Å²) in [6.45, 7) is 3.08. The highest BCUT2D eigenvalue weighted by Gasteiger charge is 2.50. The van der Waals surface area contributed by atoms with Crippen LogP contribution in [0.5, 0.6) is 0 Å². The molecule has 0 aromatic carbocycles. The minimum Gasteiger partial charge on any atom is -0.383 e. The molecule has 11 nitrogen and oxygen atoms in total. The summed E-state index contributed by atoms with van der Waals surface area (Å²) in [5.74, 6) is 1.59. The Kier molecular flexibility index (Phi) is 6.18. The Hall–Kier alpha value is -3.83. The molecule has 3 aromatic heterocycles. The van der Waals surface area contributed by atoms with E-state index in [4.69, 9.17) is 15.2 Å². The van der Waals surface area contributed by atoms with Crippen molar-refractivity contribution in [2.45, 2.75) is 18.4 Å². The molecule has 3 aromatic rings. The summed E-state index contributed by atoms with van der Waals surface area (Å²) in [7, 11) is 3.33. The topological polar surface area (TPSA) is 140 Å². The van der Waals surface area contributed by atoms with E-state index in [1.807, 2.05) is 12.1 Å². The van der Waals surface area contributed by atoms with Gasteiger partial charge in [0.1, 0.15) is 23.1 Å². The number of aliphatic imine (C=N–C) groups is 1. The van der Waals surface area contributed by atoms with Gasteiger partial charge in [0.25, 0.3) is 5.91 Å². The molecular weight excluding hydrogens is 448 g/mol. The molecule has 5 rings (SSSR count). The summed E-state index contributed by atoms with van der Waals surface area (Å²) < 4.78 is 10.8. The number of carbonyl (C=O) groups excluding carboxylic acids is 1. The Balaban J connectivity index is 1.45. The van der Waals surface area contributed by atoms with E-state index in [2.05, 4.69) is 35.5 Å². The largest absolute Gasteiger partial charge is 0.383 e. The van der Waals surface area contributed by atoms with Crippen LogP contribution in [0.4, 0.5) is 23.1 Å². The van der Waals surface area contributed by atoms with Gasteiger partial charge in [0.05, 0.1) is 25.1 Å². The van der Waals surface area contributed by atoms with E-state index < -0.39 is 5.60 Å². The van der Waals surface area contributed by atoms with Crippen molar-refractivity contribution in [2.75, 3.05) is 56.0 Å². The van der Waals surface area contributed by atoms with Crippen LogP contribution in [0, 0.1) is 0 Å². The molecule has 4 N–H and O–H groups in total. The number of hydrogen-bond donors (Lipinski definition) is 3. The van der Waals surface area contributed by atoms with Crippen molar-refractivity contribution in [2.24, 2.45) is 10.7 Å². The van der Waals surface area contributed by atoms with Gasteiger partial charge >= 0.3 is 0 Å². The van der Waals surface area contributed by atoms with Crippen molar-refractivity contribution < 1.29 is 14.3 Å². The molecule has 1 amide bonds. The Morgan fingerprint density at radius 1 is 1.14 bits per heavy atom. The number of anilines is 3. The number of nitrogens with one attached hydrogen (secondary N) is 2. The zero-order valence-electron chi connectivity index (χ0n) is 19.7. The van der Waals surface area contributed by atoms with E-state index in [0.717, 1.165) is 29.5 Å². The Morgan fingerprint density at radius 3 is 2.60 bits per heavy atom. The van der Waals surface area contributed by atoms with Crippen LogP contribution in [0.2, 0.25) is 0 Å². The number of aromatic nitrogens is 3. The quantitative estimate of drug-likeness (QED) is 0.345. The second-order valence-corrected chi connectivity index (χ2v) is 8.51. The van der Waals surface area contributed by atoms with Gasteiger partial charge in [-0.15, -0.1) is 0 Å². The molecular formula is C24H28N8O3. The van der Waals surface area contributed by atoms with E-state index in [0.29, 0.717) is 49.1 Å². The molecule has 1 saturated carbocycles. The highest BCUT2D eigenvalue weighted by atomic mass is 16.5. The Morgan fingerprint density at radius 2 is 1.94 bits per heavy atom. The number of morpholine rings is 1. The van der Waals surface area contributed by atoms with Gasteiger partial charge in [-0.05, 0) is 31.0 Å². The van der Waals surface area contributed by atoms with Crippen molar-refractivity contribution in [1.82, 2.24) is 15.0 Å². The molecule has 4 heterocycles. The van der Waals surface area contributed by atoms with Gasteiger partial charge < -0.3 is 30.7 Å². The zero-order chi connectivity index (χ0) is 24.4. The predicted octanol–water partition coefficient (Wildman–Crippen LogP) is 2.06. The second-order valence-electron chi connectivity index (χ2n) is 8.51. The minimum atomic E-state index is -0.757. The maximum absolute atomic E-state index is 12.6. The summed E-state index contributed by atoms with van der Waals surface area (Å²) in [5, 5.41) is 7.42. The fourth-order valence-corrected chi connectivity index (χ4v) is 4.11. The van der Waals surface area contributed by atoms with E-state index in [9.17, 15) is 4.79 Å². The summed E-state index contributed by atoms with van der Waals surface area (Å²) >= 11 is 0. The summed E-state index contributed by atoms with van der Waals surface area (Å²) in [4.78, 5) is 32.7. The standard InChI is InChI=1S/C24H28N8O3/c1-26-22-18-14-28-20(31-23(33)24(34-2)5-6-24)11-16(18)17(13-29-22)21(25)30-19-4-3-15(12-27-19)32-7-9-35-10-8-32/h3-4,11-14H,5-10H2,1-2H3,(H,26,29)(H2,25,27,30)(H,28,31,33). The molecule has 0 bridgehead atoms. The van der Waals surface area contributed by atoms with Gasteiger partial charge in [-0.25, -0.2) is 19.9 Å². The van der Waals surface area contributed by atoms with Crippen LogP contribution in [0.3, 0.4) is 0 Å². The van der Waals surface area contributed by atoms with Gasteiger partial charge in [0.2, 0.25) is 0 Å². The number of rotatable bonds is 7. The number of amides is 1. The molecule has 35 heavy (non-hydrogen) atoms. The smallest absolute Gasteiger partial charge is 0.257 e. The third-order valence-electron chi connectivity index (χ3n) is 6.38. The molecule has 0 radical (unpaired) electrons. The molecule has 0 unspecified atom stereocenters. The number of fused-ring (bicyclic) bond motifs is 1. The van der Waals surface area contributed by atoms with Crippen LogP contribution in [0.1, 0.15) is 18.4 Å². The molecule has 1 aliphatic heterocycles. The van der Waals surface area contributed by atoms with E-state index in [1.54, 1.807) is 38.8 Å². The molecule has 1 aliphatic carbocycles. The minimum absolute atomic E-state index is 0.206. The molecule has 11 heteroatoms. The normalized spacial score (nSPS) is 17.3. The Bertz CT molecular complexity index is 1270. The number of pyridine rings is 3. The first-order valence-corrected chi connectivity index (χ1v) is 11.5. The maximum Gasteiger partial charge on any atom is 0.257 e. The monoisotopic (exact) mass is 476 g/mol. The second kappa shape index (κ2) is 9.43. The highest BCUT2D eigenvalue weighted by Crippen LogP contribution is 2.40. The van der Waals surface area contributed by atoms with Crippen LogP contribution < -0.4 is 21.3 Å². The summed E-state index contributed by atoms with van der Waals surface area (Å²) in [6.07, 6.45) is 6.48. The number of nitrogens with zero attached hydrogens (tertiary/aromatic N) is 5. The van der Waals surface area contributed by atoms with Gasteiger partial charge in [-0.2, -0.15) is 0 Å². The average Bonchev–Trinajstić information content (AvgIpc) is 3.70. The third-order valence-corrected chi connectivity index (χ3v) is 6.38. The predicted molar refractivity (Wildman–Crippen MR) is 134 cm³/mol. The van der Waals surface area contributed by atoms with Gasteiger partial charge in [0.15, 0.2) is 5.82 Å². The maximum atomic E-state index is 12.6. The summed E-state index contributed by atoms with van der Waals surface area (Å²) in [6, 6.07) is 5.59. The van der Waals surface area contributed by atoms with Crippen molar-refractivity contribution in [1.29, 1.82) is 0 Å². The number of amidine groups is 1. The van der Waals surface area contributed by atoms with E-state index in [-0.39, 0.29) is 11.7 Å². The van der Waals surface area contributed by atoms with E-state index in [1.165, 1.54) is 0 Å². The number of carbonyl (C=O) groups is 1. The average molecular weight is 477 g/mol. The van der Waals surface area contributed by atoms with Gasteiger partial charge in [-0.1, -0.05) is 0 Å². The van der Waals surface area contributed by atoms with Crippen LogP contribution >= 0.6 is 0 Å². The van der Waals surface area contributed by atoms with Crippen LogP contribution in [-0.4, -0.2) is 72.8 Å². The summed E-state index contributed by atoms with van der Waals surface area (Å²) in [5.41, 5.74) is 7.29. The molecule has 0 atom stereocenters. The molecule has 0 spiro atoms. The van der Waals surface area contributed by atoms with Gasteiger partial charge in [0, 0.05) is 56.0 Å². The molecule has 1 saturated heterocycles. The van der Waals surface area contributed by atoms with Crippen molar-refractivity contribution in [3.63, 3.8) is 0 Å². The molecule has 182 valence electrons. The first-order chi connectivity index (χ1) is 17.0. The number of nitrogens with two attached hydrogens (primary N) is 1. The lowest BCUT2D eigenvalue weighted by Gasteiger charge is -2.28. The molecule has 2 fully saturated rings. The number of ether oxygens (including phenoxy) is 2. The lowest BCUT2D eigenvalue weighted by molar-refractivity contribution is -0.128. The lowest BCUT2D eigenvalue weighted by Crippen LogP contribution is -2.36. The zero-order valence-corrected chi connectivity index (χ0v) is 19.7. The van der Waals surface area contributed by atoms with Crippen LogP contribution in [-0.2, 0) is 14.3 Å². The van der Waals surface area contributed by atoms with Crippen LogP contribution in [0.15, 0.2) is 41.8 Å². The Labute approximate surface area is 202 Å². The fraction of sp³-hybridized carbons (Fsp3) is 0.375. The first-order valence-electron chi connectivity index (χ1n) is 11.5. The highest BCUT2D eigenvalue weighted by molar-refractivity contribution is 6.12. The van der Waals surface area contributed by atoms with Crippen molar-refractivity contribution in [3.8, 4) is 0 Å². The third kappa shape index (κ3) is 4.60. The SMILES string of the molecule is CNc1ncc(C(N)=Nc2ccc(N3CCOCC3)cn2)c2cc(NC(=O)C3(OC)CC3)ncc12. The fourth-order valence-electron chi connectivity index (χ4n) is 4.11. The van der Waals surface area contributed by atoms with Crippen molar-refractivity contribution in [3.05, 3.63) is 42.4 Å². The van der Waals surface area contributed by atoms with Crippen LogP contribution in [0.25, 0.3) is 10.8 Å². The van der Waals surface area contributed by atoms with Crippen molar-refractivity contribution >= 4 is 45.7 Å².